The highest BCUT2D eigenvalue weighted by molar-refractivity contribution is 6.36. The number of nitrogens with one attached hydrogen (secondary N) is 1. The number of rotatable bonds is 4. The Labute approximate surface area is 127 Å². The van der Waals surface area contributed by atoms with Gasteiger partial charge in [0.1, 0.15) is 5.82 Å². The average Bonchev–Trinajstić information content (AvgIpc) is 2.41. The lowest BCUT2D eigenvalue weighted by Crippen LogP contribution is -2.01. The second kappa shape index (κ2) is 6.25. The number of aromatic nitrogens is 1. The van der Waals surface area contributed by atoms with Gasteiger partial charge in [-0.3, -0.25) is 4.79 Å². The summed E-state index contributed by atoms with van der Waals surface area (Å²) in [5, 5.41) is 4.22. The molecule has 1 aromatic carbocycles. The number of benzene rings is 1. The Bertz CT molecular complexity index is 642. The van der Waals surface area contributed by atoms with E-state index in [9.17, 15) is 4.79 Å². The van der Waals surface area contributed by atoms with Crippen molar-refractivity contribution < 1.29 is 4.79 Å². The van der Waals surface area contributed by atoms with Crippen molar-refractivity contribution in [3.8, 4) is 0 Å². The zero-order chi connectivity index (χ0) is 14.7. The van der Waals surface area contributed by atoms with Crippen LogP contribution in [0.25, 0.3) is 0 Å². The van der Waals surface area contributed by atoms with Gasteiger partial charge in [0.15, 0.2) is 6.29 Å². The molecule has 0 aliphatic heterocycles. The molecule has 0 radical (unpaired) electrons. The fourth-order valence-corrected chi connectivity index (χ4v) is 2.33. The third-order valence-electron chi connectivity index (χ3n) is 2.91. The number of pyridine rings is 1. The van der Waals surface area contributed by atoms with Crippen molar-refractivity contribution in [3.05, 3.63) is 51.6 Å². The smallest absolute Gasteiger partial charge is 0.151 e. The summed E-state index contributed by atoms with van der Waals surface area (Å²) in [6, 6.07) is 7.06. The van der Waals surface area contributed by atoms with E-state index < -0.39 is 0 Å². The van der Waals surface area contributed by atoms with Gasteiger partial charge in [0.25, 0.3) is 0 Å². The van der Waals surface area contributed by atoms with E-state index in [0.29, 0.717) is 21.4 Å². The molecular weight excluding hydrogens is 295 g/mol. The van der Waals surface area contributed by atoms with Gasteiger partial charge in [-0.2, -0.15) is 0 Å². The molecule has 0 atom stereocenters. The van der Waals surface area contributed by atoms with Crippen LogP contribution in [0.1, 0.15) is 35.7 Å². The van der Waals surface area contributed by atoms with Crippen molar-refractivity contribution in [1.82, 2.24) is 4.98 Å². The summed E-state index contributed by atoms with van der Waals surface area (Å²) in [6.45, 7) is 4.06. The number of carbonyl (C=O) groups is 1. The van der Waals surface area contributed by atoms with Crippen LogP contribution in [0.3, 0.4) is 0 Å². The fourth-order valence-electron chi connectivity index (χ4n) is 1.88. The Morgan fingerprint density at radius 2 is 2.00 bits per heavy atom. The van der Waals surface area contributed by atoms with Crippen LogP contribution in [-0.2, 0) is 0 Å². The summed E-state index contributed by atoms with van der Waals surface area (Å²) in [7, 11) is 0. The first-order valence-electron chi connectivity index (χ1n) is 6.18. The van der Waals surface area contributed by atoms with Gasteiger partial charge in [-0.25, -0.2) is 4.98 Å². The van der Waals surface area contributed by atoms with Crippen molar-refractivity contribution in [2.75, 3.05) is 5.32 Å². The standard InChI is InChI=1S/C15H14Cl2N2O/c1-9(2)12-6-15(18-7-10(12)8-20)19-14-4-3-11(16)5-13(14)17/h3-9H,1-2H3,(H,18,19). The minimum absolute atomic E-state index is 0.236. The summed E-state index contributed by atoms with van der Waals surface area (Å²) in [4.78, 5) is 15.2. The third kappa shape index (κ3) is 3.30. The van der Waals surface area contributed by atoms with Crippen molar-refractivity contribution in [3.63, 3.8) is 0 Å². The molecule has 2 aromatic rings. The number of hydrogen-bond donors (Lipinski definition) is 1. The van der Waals surface area contributed by atoms with E-state index in [1.54, 1.807) is 24.4 Å². The molecule has 0 aliphatic carbocycles. The molecule has 0 amide bonds. The maximum absolute atomic E-state index is 11.0. The summed E-state index contributed by atoms with van der Waals surface area (Å²) < 4.78 is 0. The maximum atomic E-state index is 11.0. The second-order valence-corrected chi connectivity index (χ2v) is 5.56. The Hall–Kier alpha value is -1.58. The van der Waals surface area contributed by atoms with Crippen molar-refractivity contribution in [1.29, 1.82) is 0 Å². The molecule has 0 unspecified atom stereocenters. The van der Waals surface area contributed by atoms with Gasteiger partial charge in [-0.15, -0.1) is 0 Å². The predicted octanol–water partition coefficient (Wildman–Crippen LogP) is 5.07. The molecule has 0 fully saturated rings. The second-order valence-electron chi connectivity index (χ2n) is 4.72. The minimum Gasteiger partial charge on any atom is -0.339 e. The third-order valence-corrected chi connectivity index (χ3v) is 3.46. The molecule has 104 valence electrons. The summed E-state index contributed by atoms with van der Waals surface area (Å²) in [6.07, 6.45) is 2.38. The molecule has 2 rings (SSSR count). The van der Waals surface area contributed by atoms with E-state index in [1.165, 1.54) is 0 Å². The molecule has 1 N–H and O–H groups in total. The topological polar surface area (TPSA) is 42.0 Å². The van der Waals surface area contributed by atoms with E-state index in [0.717, 1.165) is 17.5 Å². The van der Waals surface area contributed by atoms with Crippen LogP contribution in [0.4, 0.5) is 11.5 Å². The highest BCUT2D eigenvalue weighted by Crippen LogP contribution is 2.29. The van der Waals surface area contributed by atoms with Crippen molar-refractivity contribution in [2.45, 2.75) is 19.8 Å². The van der Waals surface area contributed by atoms with Crippen molar-refractivity contribution >= 4 is 41.0 Å². The number of nitrogens with zero attached hydrogens (tertiary/aromatic N) is 1. The van der Waals surface area contributed by atoms with E-state index in [-0.39, 0.29) is 5.92 Å². The first kappa shape index (κ1) is 14.8. The van der Waals surface area contributed by atoms with Gasteiger partial charge in [-0.05, 0) is 35.7 Å². The Kier molecular flexibility index (Phi) is 4.63. The summed E-state index contributed by atoms with van der Waals surface area (Å²) in [5.41, 5.74) is 2.27. The first-order chi connectivity index (χ1) is 9.51. The van der Waals surface area contributed by atoms with E-state index in [1.807, 2.05) is 19.9 Å². The lowest BCUT2D eigenvalue weighted by atomic mass is 10.00. The summed E-state index contributed by atoms with van der Waals surface area (Å²) in [5.74, 6) is 0.878. The molecule has 3 nitrogen and oxygen atoms in total. The number of carbonyl (C=O) groups excluding carboxylic acids is 1. The van der Waals surface area contributed by atoms with Gasteiger partial charge >= 0.3 is 0 Å². The van der Waals surface area contributed by atoms with E-state index >= 15 is 0 Å². The predicted molar refractivity (Wildman–Crippen MR) is 83.5 cm³/mol. The Balaban J connectivity index is 2.34. The number of aldehydes is 1. The van der Waals surface area contributed by atoms with E-state index in [2.05, 4.69) is 10.3 Å². The molecule has 0 bridgehead atoms. The maximum Gasteiger partial charge on any atom is 0.151 e. The monoisotopic (exact) mass is 308 g/mol. The van der Waals surface area contributed by atoms with Gasteiger partial charge in [0.2, 0.25) is 0 Å². The molecule has 1 heterocycles. The van der Waals surface area contributed by atoms with Crippen molar-refractivity contribution in [2.24, 2.45) is 0 Å². The van der Waals surface area contributed by atoms with Crippen LogP contribution in [0.5, 0.6) is 0 Å². The normalized spacial score (nSPS) is 10.7. The highest BCUT2D eigenvalue weighted by atomic mass is 35.5. The lowest BCUT2D eigenvalue weighted by molar-refractivity contribution is 0.112. The SMILES string of the molecule is CC(C)c1cc(Nc2ccc(Cl)cc2Cl)ncc1C=O. The lowest BCUT2D eigenvalue weighted by Gasteiger charge is -2.12. The van der Waals surface area contributed by atoms with Gasteiger partial charge in [-0.1, -0.05) is 37.0 Å². The van der Waals surface area contributed by atoms with Gasteiger partial charge < -0.3 is 5.32 Å². The minimum atomic E-state index is 0.236. The van der Waals surface area contributed by atoms with E-state index in [4.69, 9.17) is 23.2 Å². The zero-order valence-corrected chi connectivity index (χ0v) is 12.7. The molecule has 0 aliphatic rings. The van der Waals surface area contributed by atoms with Crippen LogP contribution >= 0.6 is 23.2 Å². The summed E-state index contributed by atoms with van der Waals surface area (Å²) >= 11 is 12.0. The molecule has 20 heavy (non-hydrogen) atoms. The fraction of sp³-hybridized carbons (Fsp3) is 0.200. The number of hydrogen-bond acceptors (Lipinski definition) is 3. The highest BCUT2D eigenvalue weighted by Gasteiger charge is 2.09. The van der Waals surface area contributed by atoms with Crippen LogP contribution in [0, 0.1) is 0 Å². The van der Waals surface area contributed by atoms with Gasteiger partial charge in [0, 0.05) is 16.8 Å². The quantitative estimate of drug-likeness (QED) is 0.802. The average molecular weight is 309 g/mol. The number of halogens is 2. The number of anilines is 2. The van der Waals surface area contributed by atoms with Gasteiger partial charge in [0.05, 0.1) is 10.7 Å². The Morgan fingerprint density at radius 3 is 2.60 bits per heavy atom. The molecular formula is C15H14Cl2N2O. The van der Waals surface area contributed by atoms with Crippen LogP contribution in [-0.4, -0.2) is 11.3 Å². The molecule has 0 saturated heterocycles. The van der Waals surface area contributed by atoms with Crippen LogP contribution in [0.15, 0.2) is 30.5 Å². The van der Waals surface area contributed by atoms with Crippen LogP contribution in [0.2, 0.25) is 10.0 Å². The Morgan fingerprint density at radius 1 is 1.25 bits per heavy atom. The molecule has 0 spiro atoms. The molecule has 1 aromatic heterocycles. The largest absolute Gasteiger partial charge is 0.339 e. The first-order valence-corrected chi connectivity index (χ1v) is 6.94. The van der Waals surface area contributed by atoms with Crippen LogP contribution < -0.4 is 5.32 Å². The molecule has 5 heteroatoms. The molecule has 0 saturated carbocycles. The zero-order valence-electron chi connectivity index (χ0n) is 11.2.